The summed E-state index contributed by atoms with van der Waals surface area (Å²) < 4.78 is 11.4. The Morgan fingerprint density at radius 2 is 2.25 bits per heavy atom. The van der Waals surface area contributed by atoms with E-state index in [9.17, 15) is 5.11 Å². The van der Waals surface area contributed by atoms with Crippen LogP contribution in [0.4, 0.5) is 0 Å². The van der Waals surface area contributed by atoms with Gasteiger partial charge in [0.2, 0.25) is 0 Å². The van der Waals surface area contributed by atoms with Gasteiger partial charge in [0, 0.05) is 12.8 Å². The Morgan fingerprint density at radius 3 is 2.92 bits per heavy atom. The van der Waals surface area contributed by atoms with Gasteiger partial charge in [0.05, 0.1) is 18.3 Å². The van der Waals surface area contributed by atoms with E-state index in [1.54, 1.807) is 0 Å². The fourth-order valence-corrected chi connectivity index (χ4v) is 2.25. The lowest BCUT2D eigenvalue weighted by Crippen LogP contribution is -2.45. The summed E-state index contributed by atoms with van der Waals surface area (Å²) in [6, 6.07) is 0. The van der Waals surface area contributed by atoms with Crippen LogP contribution in [0.1, 0.15) is 33.1 Å². The first-order valence-corrected chi connectivity index (χ1v) is 4.60. The number of aliphatic hydroxyl groups is 1. The van der Waals surface area contributed by atoms with Crippen molar-refractivity contribution < 1.29 is 14.6 Å². The summed E-state index contributed by atoms with van der Waals surface area (Å²) in [4.78, 5) is 0. The van der Waals surface area contributed by atoms with Gasteiger partial charge in [-0.05, 0) is 13.3 Å². The minimum absolute atomic E-state index is 0.202. The largest absolute Gasteiger partial charge is 0.393 e. The zero-order valence-electron chi connectivity index (χ0n) is 7.67. The van der Waals surface area contributed by atoms with E-state index < -0.39 is 5.79 Å². The lowest BCUT2D eigenvalue weighted by Gasteiger charge is -2.37. The summed E-state index contributed by atoms with van der Waals surface area (Å²) in [5, 5.41) is 9.59. The number of hydrogen-bond donors (Lipinski definition) is 1. The third-order valence-corrected chi connectivity index (χ3v) is 2.93. The molecule has 0 spiro atoms. The van der Waals surface area contributed by atoms with Gasteiger partial charge in [-0.2, -0.15) is 0 Å². The van der Waals surface area contributed by atoms with Gasteiger partial charge in [-0.15, -0.1) is 0 Å². The van der Waals surface area contributed by atoms with Crippen molar-refractivity contribution in [3.8, 4) is 0 Å². The fraction of sp³-hybridized carbons (Fsp3) is 1.00. The van der Waals surface area contributed by atoms with Gasteiger partial charge < -0.3 is 14.6 Å². The lowest BCUT2D eigenvalue weighted by molar-refractivity contribution is -0.223. The van der Waals surface area contributed by atoms with E-state index in [-0.39, 0.29) is 11.7 Å². The highest BCUT2D eigenvalue weighted by Gasteiger charge is 2.52. The van der Waals surface area contributed by atoms with E-state index in [4.69, 9.17) is 9.47 Å². The summed E-state index contributed by atoms with van der Waals surface area (Å²) in [6.45, 7) is 4.62. The van der Waals surface area contributed by atoms with E-state index in [1.807, 2.05) is 6.92 Å². The maximum atomic E-state index is 9.59. The molecule has 2 bridgehead atoms. The van der Waals surface area contributed by atoms with Crippen LogP contribution in [-0.4, -0.2) is 29.2 Å². The first kappa shape index (κ1) is 8.48. The van der Waals surface area contributed by atoms with Crippen molar-refractivity contribution in [2.24, 2.45) is 0 Å². The van der Waals surface area contributed by atoms with Crippen LogP contribution in [0.25, 0.3) is 0 Å². The molecule has 0 saturated carbocycles. The molecule has 0 aliphatic carbocycles. The van der Waals surface area contributed by atoms with Crippen molar-refractivity contribution in [3.05, 3.63) is 0 Å². The molecule has 3 nitrogen and oxygen atoms in total. The second-order valence-corrected chi connectivity index (χ2v) is 4.12. The van der Waals surface area contributed by atoms with E-state index in [0.29, 0.717) is 13.0 Å². The normalized spacial score (nSPS) is 52.8. The van der Waals surface area contributed by atoms with Crippen LogP contribution in [0, 0.1) is 0 Å². The molecule has 12 heavy (non-hydrogen) atoms. The van der Waals surface area contributed by atoms with Gasteiger partial charge in [-0.1, -0.05) is 6.92 Å². The summed E-state index contributed by atoms with van der Waals surface area (Å²) >= 11 is 0. The van der Waals surface area contributed by atoms with Crippen LogP contribution >= 0.6 is 0 Å². The standard InChI is InChI=1S/C9H16O3/c1-3-9-5-7(10)4-8(2,12-9)11-6-9/h7,10H,3-6H2,1-2H3/t7-,8+,9-/m1/s1. The zero-order chi connectivity index (χ0) is 8.82. The van der Waals surface area contributed by atoms with Crippen LogP contribution in [0.15, 0.2) is 0 Å². The van der Waals surface area contributed by atoms with Crippen molar-refractivity contribution >= 4 is 0 Å². The minimum atomic E-state index is -0.520. The fourth-order valence-electron chi connectivity index (χ4n) is 2.25. The van der Waals surface area contributed by atoms with Gasteiger partial charge in [-0.3, -0.25) is 0 Å². The van der Waals surface area contributed by atoms with Crippen LogP contribution in [-0.2, 0) is 9.47 Å². The smallest absolute Gasteiger partial charge is 0.168 e. The van der Waals surface area contributed by atoms with Gasteiger partial charge in [-0.25, -0.2) is 0 Å². The lowest BCUT2D eigenvalue weighted by atomic mass is 9.89. The molecule has 3 atom stereocenters. The number of rotatable bonds is 1. The van der Waals surface area contributed by atoms with Crippen LogP contribution in [0.3, 0.4) is 0 Å². The van der Waals surface area contributed by atoms with E-state index in [0.717, 1.165) is 12.8 Å². The molecule has 3 heteroatoms. The van der Waals surface area contributed by atoms with Gasteiger partial charge in [0.15, 0.2) is 5.79 Å². The Hall–Kier alpha value is -0.120. The topological polar surface area (TPSA) is 38.7 Å². The molecule has 2 rings (SSSR count). The molecule has 2 heterocycles. The second kappa shape index (κ2) is 2.44. The molecule has 0 radical (unpaired) electrons. The van der Waals surface area contributed by atoms with E-state index in [1.165, 1.54) is 0 Å². The van der Waals surface area contributed by atoms with Crippen LogP contribution < -0.4 is 0 Å². The average molecular weight is 172 g/mol. The van der Waals surface area contributed by atoms with Crippen molar-refractivity contribution in [2.45, 2.75) is 50.6 Å². The Morgan fingerprint density at radius 1 is 1.50 bits per heavy atom. The van der Waals surface area contributed by atoms with Crippen LogP contribution in [0.5, 0.6) is 0 Å². The molecule has 2 fully saturated rings. The van der Waals surface area contributed by atoms with Gasteiger partial charge in [0.25, 0.3) is 0 Å². The molecular weight excluding hydrogens is 156 g/mol. The molecule has 0 aromatic heterocycles. The summed E-state index contributed by atoms with van der Waals surface area (Å²) in [6.07, 6.45) is 1.99. The summed E-state index contributed by atoms with van der Waals surface area (Å²) in [5.41, 5.74) is -0.202. The SMILES string of the molecule is CC[C@]12CO[C@](C)(C[C@@H](O)C1)O2. The predicted octanol–water partition coefficient (Wildman–Crippen LogP) is 1.05. The Balaban J connectivity index is 2.20. The maximum absolute atomic E-state index is 9.59. The van der Waals surface area contributed by atoms with E-state index in [2.05, 4.69) is 6.92 Å². The average Bonchev–Trinajstić information content (AvgIpc) is 2.23. The second-order valence-electron chi connectivity index (χ2n) is 4.12. The molecule has 0 aromatic carbocycles. The third kappa shape index (κ3) is 1.16. The van der Waals surface area contributed by atoms with Gasteiger partial charge >= 0.3 is 0 Å². The third-order valence-electron chi connectivity index (χ3n) is 2.93. The molecule has 0 amide bonds. The molecule has 2 saturated heterocycles. The quantitative estimate of drug-likeness (QED) is 0.642. The number of aliphatic hydroxyl groups excluding tert-OH is 1. The maximum Gasteiger partial charge on any atom is 0.168 e. The molecule has 2 aliphatic rings. The molecule has 70 valence electrons. The predicted molar refractivity (Wildman–Crippen MR) is 43.7 cm³/mol. The highest BCUT2D eigenvalue weighted by Crippen LogP contribution is 2.44. The number of fused-ring (bicyclic) bond motifs is 2. The van der Waals surface area contributed by atoms with Crippen molar-refractivity contribution in [1.82, 2.24) is 0 Å². The first-order chi connectivity index (χ1) is 5.58. The zero-order valence-corrected chi connectivity index (χ0v) is 7.67. The monoisotopic (exact) mass is 172 g/mol. The van der Waals surface area contributed by atoms with Crippen molar-refractivity contribution in [1.29, 1.82) is 0 Å². The van der Waals surface area contributed by atoms with Gasteiger partial charge in [0.1, 0.15) is 0 Å². The van der Waals surface area contributed by atoms with Crippen molar-refractivity contribution in [2.75, 3.05) is 6.61 Å². The summed E-state index contributed by atoms with van der Waals surface area (Å²) in [7, 11) is 0. The Bertz CT molecular complexity index is 194. The van der Waals surface area contributed by atoms with E-state index >= 15 is 0 Å². The highest BCUT2D eigenvalue weighted by atomic mass is 16.8. The number of hydrogen-bond acceptors (Lipinski definition) is 3. The molecule has 0 unspecified atom stereocenters. The highest BCUT2D eigenvalue weighted by molar-refractivity contribution is 4.96. The summed E-state index contributed by atoms with van der Waals surface area (Å²) in [5.74, 6) is -0.520. The Labute approximate surface area is 72.7 Å². The molecule has 0 aromatic rings. The Kier molecular flexibility index (Phi) is 1.72. The molecule has 1 N–H and O–H groups in total. The van der Waals surface area contributed by atoms with Crippen LogP contribution in [0.2, 0.25) is 0 Å². The minimum Gasteiger partial charge on any atom is -0.393 e. The van der Waals surface area contributed by atoms with Crippen molar-refractivity contribution in [3.63, 3.8) is 0 Å². The first-order valence-electron chi connectivity index (χ1n) is 4.60. The molecular formula is C9H16O3. The molecule has 2 aliphatic heterocycles. The number of ether oxygens (including phenoxy) is 2.